The summed E-state index contributed by atoms with van der Waals surface area (Å²) in [6, 6.07) is 14.4. The highest BCUT2D eigenvalue weighted by molar-refractivity contribution is 7.98. The van der Waals surface area contributed by atoms with Gasteiger partial charge in [0.2, 0.25) is 0 Å². The molecule has 0 fully saturated rings. The van der Waals surface area contributed by atoms with Gasteiger partial charge in [0.25, 0.3) is 5.56 Å². The zero-order chi connectivity index (χ0) is 19.0. The number of thioether (sulfide) groups is 1. The Morgan fingerprint density at radius 2 is 1.96 bits per heavy atom. The van der Waals surface area contributed by atoms with Crippen LogP contribution in [0.5, 0.6) is 0 Å². The van der Waals surface area contributed by atoms with Crippen LogP contribution < -0.4 is 5.56 Å². The fourth-order valence-corrected chi connectivity index (χ4v) is 5.24. The Kier molecular flexibility index (Phi) is 5.04. The van der Waals surface area contributed by atoms with Gasteiger partial charge in [-0.2, -0.15) is 0 Å². The number of nitrogens with zero attached hydrogens (tertiary/aromatic N) is 1. The lowest BCUT2D eigenvalue weighted by Gasteiger charge is -2.05. The molecule has 7 heteroatoms. The van der Waals surface area contributed by atoms with E-state index in [0.29, 0.717) is 26.0 Å². The minimum atomic E-state index is -0.364. The van der Waals surface area contributed by atoms with Gasteiger partial charge in [-0.15, -0.1) is 11.3 Å². The van der Waals surface area contributed by atoms with Gasteiger partial charge in [-0.1, -0.05) is 59.8 Å². The number of hydrogen-bond acceptors (Lipinski definition) is 4. The van der Waals surface area contributed by atoms with Crippen molar-refractivity contribution in [2.45, 2.75) is 17.8 Å². The Morgan fingerprint density at radius 1 is 1.19 bits per heavy atom. The quantitative estimate of drug-likeness (QED) is 0.325. The molecule has 0 aliphatic carbocycles. The molecular weight excluding hydrogens is 403 g/mol. The highest BCUT2D eigenvalue weighted by atomic mass is 35.5. The van der Waals surface area contributed by atoms with Crippen LogP contribution in [0.25, 0.3) is 21.3 Å². The van der Waals surface area contributed by atoms with E-state index >= 15 is 0 Å². The maximum atomic E-state index is 13.9. The third-order valence-corrected chi connectivity index (χ3v) is 6.45. The van der Waals surface area contributed by atoms with Crippen LogP contribution in [0.1, 0.15) is 10.4 Å². The maximum Gasteiger partial charge on any atom is 0.260 e. The zero-order valence-corrected chi connectivity index (χ0v) is 16.6. The molecule has 0 saturated heterocycles. The summed E-state index contributed by atoms with van der Waals surface area (Å²) in [6.45, 7) is 1.99. The van der Waals surface area contributed by atoms with Crippen molar-refractivity contribution in [1.82, 2.24) is 9.97 Å². The van der Waals surface area contributed by atoms with Gasteiger partial charge in [0, 0.05) is 26.8 Å². The molecule has 4 rings (SSSR count). The number of benzene rings is 2. The van der Waals surface area contributed by atoms with Crippen LogP contribution in [-0.4, -0.2) is 9.97 Å². The van der Waals surface area contributed by atoms with E-state index in [-0.39, 0.29) is 17.1 Å². The van der Waals surface area contributed by atoms with E-state index in [0.717, 1.165) is 16.0 Å². The summed E-state index contributed by atoms with van der Waals surface area (Å²) in [5.41, 5.74) is 2.12. The number of aromatic amines is 1. The number of nitrogens with one attached hydrogen (secondary N) is 1. The van der Waals surface area contributed by atoms with Crippen LogP contribution in [-0.2, 0) is 5.75 Å². The smallest absolute Gasteiger partial charge is 0.260 e. The van der Waals surface area contributed by atoms with Crippen molar-refractivity contribution < 1.29 is 4.39 Å². The molecule has 27 heavy (non-hydrogen) atoms. The molecule has 4 aromatic rings. The van der Waals surface area contributed by atoms with Gasteiger partial charge in [-0.05, 0) is 24.6 Å². The fourth-order valence-electron chi connectivity index (χ4n) is 2.93. The lowest BCUT2D eigenvalue weighted by Crippen LogP contribution is -2.08. The highest BCUT2D eigenvalue weighted by Crippen LogP contribution is 2.36. The van der Waals surface area contributed by atoms with Crippen molar-refractivity contribution in [3.63, 3.8) is 0 Å². The molecule has 3 nitrogen and oxygen atoms in total. The Hall–Kier alpha value is -2.15. The van der Waals surface area contributed by atoms with Crippen LogP contribution in [0.2, 0.25) is 5.02 Å². The predicted molar refractivity (Wildman–Crippen MR) is 111 cm³/mol. The van der Waals surface area contributed by atoms with E-state index in [1.807, 2.05) is 37.3 Å². The number of aromatic nitrogens is 2. The lowest BCUT2D eigenvalue weighted by atomic mass is 10.0. The SMILES string of the molecule is Cc1sc2nc(SCc3c(F)cccc3Cl)[nH]c(=O)c2c1-c1ccccc1. The molecule has 0 aliphatic heterocycles. The van der Waals surface area contributed by atoms with Gasteiger partial charge in [0.15, 0.2) is 5.16 Å². The molecule has 2 aromatic carbocycles. The second-order valence-electron chi connectivity index (χ2n) is 5.94. The molecule has 0 amide bonds. The van der Waals surface area contributed by atoms with Crippen molar-refractivity contribution in [3.05, 3.63) is 80.2 Å². The molecule has 0 unspecified atom stereocenters. The lowest BCUT2D eigenvalue weighted by molar-refractivity contribution is 0.617. The van der Waals surface area contributed by atoms with E-state index in [1.165, 1.54) is 29.2 Å². The first-order valence-electron chi connectivity index (χ1n) is 8.19. The van der Waals surface area contributed by atoms with Gasteiger partial charge in [-0.3, -0.25) is 4.79 Å². The highest BCUT2D eigenvalue weighted by Gasteiger charge is 2.17. The molecule has 0 atom stereocenters. The van der Waals surface area contributed by atoms with Crippen molar-refractivity contribution in [1.29, 1.82) is 0 Å². The monoisotopic (exact) mass is 416 g/mol. The van der Waals surface area contributed by atoms with E-state index in [2.05, 4.69) is 9.97 Å². The van der Waals surface area contributed by atoms with Gasteiger partial charge in [0.05, 0.1) is 5.39 Å². The molecule has 2 heterocycles. The molecule has 1 N–H and O–H groups in total. The van der Waals surface area contributed by atoms with Crippen LogP contribution >= 0.6 is 34.7 Å². The number of fused-ring (bicyclic) bond motifs is 1. The second-order valence-corrected chi connectivity index (χ2v) is 8.51. The average molecular weight is 417 g/mol. The minimum Gasteiger partial charge on any atom is -0.301 e. The van der Waals surface area contributed by atoms with Crippen LogP contribution in [0.3, 0.4) is 0 Å². The average Bonchev–Trinajstić information content (AvgIpc) is 2.98. The van der Waals surface area contributed by atoms with E-state index < -0.39 is 0 Å². The molecule has 0 aliphatic rings. The van der Waals surface area contributed by atoms with E-state index in [9.17, 15) is 9.18 Å². The Bertz CT molecular complexity index is 1170. The summed E-state index contributed by atoms with van der Waals surface area (Å²) < 4.78 is 13.9. The summed E-state index contributed by atoms with van der Waals surface area (Å²) in [5, 5.41) is 1.41. The molecule has 0 spiro atoms. The van der Waals surface area contributed by atoms with Crippen molar-refractivity contribution >= 4 is 44.9 Å². The first-order valence-corrected chi connectivity index (χ1v) is 10.4. The van der Waals surface area contributed by atoms with Gasteiger partial charge in [-0.25, -0.2) is 9.37 Å². The number of halogens is 2. The molecular formula is C20H14ClFN2OS2. The molecule has 0 saturated carbocycles. The van der Waals surface area contributed by atoms with E-state index in [1.54, 1.807) is 12.1 Å². The fraction of sp³-hybridized carbons (Fsp3) is 0.100. The van der Waals surface area contributed by atoms with Crippen LogP contribution in [0, 0.1) is 12.7 Å². The largest absolute Gasteiger partial charge is 0.301 e. The molecule has 0 radical (unpaired) electrons. The van der Waals surface area contributed by atoms with Gasteiger partial charge >= 0.3 is 0 Å². The molecule has 0 bridgehead atoms. The minimum absolute atomic E-state index is 0.190. The first kappa shape index (κ1) is 18.2. The number of aryl methyl sites for hydroxylation is 1. The van der Waals surface area contributed by atoms with Gasteiger partial charge in [0.1, 0.15) is 10.6 Å². The summed E-state index contributed by atoms with van der Waals surface area (Å²) >= 11 is 8.81. The number of hydrogen-bond donors (Lipinski definition) is 1. The summed E-state index contributed by atoms with van der Waals surface area (Å²) in [6.07, 6.45) is 0. The van der Waals surface area contributed by atoms with Crippen molar-refractivity contribution in [3.8, 4) is 11.1 Å². The summed E-state index contributed by atoms with van der Waals surface area (Å²) in [4.78, 5) is 21.9. The zero-order valence-electron chi connectivity index (χ0n) is 14.3. The van der Waals surface area contributed by atoms with Crippen molar-refractivity contribution in [2.75, 3.05) is 0 Å². The Labute approximate surface area is 168 Å². The number of thiophene rings is 1. The van der Waals surface area contributed by atoms with E-state index in [4.69, 9.17) is 11.6 Å². The summed E-state index contributed by atoms with van der Waals surface area (Å²) in [5.74, 6) is -0.0766. The van der Waals surface area contributed by atoms with Gasteiger partial charge < -0.3 is 4.98 Å². The number of rotatable bonds is 4. The normalized spacial score (nSPS) is 11.2. The third-order valence-electron chi connectivity index (χ3n) is 4.19. The molecule has 136 valence electrons. The maximum absolute atomic E-state index is 13.9. The third kappa shape index (κ3) is 3.52. The topological polar surface area (TPSA) is 45.8 Å². The Morgan fingerprint density at radius 3 is 2.70 bits per heavy atom. The van der Waals surface area contributed by atoms with Crippen LogP contribution in [0.4, 0.5) is 4.39 Å². The second kappa shape index (κ2) is 7.46. The van der Waals surface area contributed by atoms with Crippen molar-refractivity contribution in [2.24, 2.45) is 0 Å². The van der Waals surface area contributed by atoms with Crippen LogP contribution in [0.15, 0.2) is 58.5 Å². The standard InChI is InChI=1S/C20H14ClFN2OS2/c1-11-16(12-6-3-2-4-7-12)17-18(25)23-20(24-19(17)27-11)26-10-13-14(21)8-5-9-15(13)22/h2-9H,10H2,1H3,(H,23,24,25). The predicted octanol–water partition coefficient (Wildman–Crippen LogP) is 6.04. The number of H-pyrrole nitrogens is 1. The first-order chi connectivity index (χ1) is 13.0. The summed E-state index contributed by atoms with van der Waals surface area (Å²) in [7, 11) is 0. The molecule has 2 aromatic heterocycles. The Balaban J connectivity index is 1.72.